The van der Waals surface area contributed by atoms with Crippen molar-refractivity contribution in [3.05, 3.63) is 142 Å². The molecule has 4 atom stereocenters. The van der Waals surface area contributed by atoms with Crippen LogP contribution in [0.3, 0.4) is 0 Å². The third-order valence-corrected chi connectivity index (χ3v) is 10.2. The zero-order chi connectivity index (χ0) is 23.7. The first kappa shape index (κ1) is 19.4. The fourth-order valence-electron chi connectivity index (χ4n) is 9.17. The van der Waals surface area contributed by atoms with E-state index in [-0.39, 0.29) is 47.3 Å². The van der Waals surface area contributed by atoms with E-state index in [1.807, 2.05) is 0 Å². The van der Waals surface area contributed by atoms with E-state index in [2.05, 4.69) is 97.1 Å². The number of Topliss-reactive ketones (excluding diaryl/α,β-unsaturated/α-hetero) is 2. The van der Waals surface area contributed by atoms with Crippen molar-refractivity contribution in [2.75, 3.05) is 0 Å². The molecule has 7 aliphatic carbocycles. The van der Waals surface area contributed by atoms with Crippen LogP contribution >= 0.6 is 0 Å². The third kappa shape index (κ3) is 2.05. The molecule has 11 rings (SSSR count). The molecule has 36 heavy (non-hydrogen) atoms. The van der Waals surface area contributed by atoms with Gasteiger partial charge in [-0.2, -0.15) is 0 Å². The summed E-state index contributed by atoms with van der Waals surface area (Å²) in [5, 5.41) is 0. The van der Waals surface area contributed by atoms with Crippen molar-refractivity contribution in [2.24, 2.45) is 23.7 Å². The lowest BCUT2D eigenvalue weighted by Crippen LogP contribution is -2.60. The van der Waals surface area contributed by atoms with Crippen LogP contribution in [-0.4, -0.2) is 11.6 Å². The zero-order valence-corrected chi connectivity index (χ0v) is 19.7. The average molecular weight is 465 g/mol. The van der Waals surface area contributed by atoms with Gasteiger partial charge < -0.3 is 0 Å². The maximum atomic E-state index is 14.8. The molecule has 7 aliphatic rings. The van der Waals surface area contributed by atoms with Crippen molar-refractivity contribution in [3.63, 3.8) is 0 Å². The summed E-state index contributed by atoms with van der Waals surface area (Å²) in [5.74, 6) is -0.568. The van der Waals surface area contributed by atoms with E-state index >= 15 is 0 Å². The summed E-state index contributed by atoms with van der Waals surface area (Å²) in [6, 6.07) is 34.3. The lowest BCUT2D eigenvalue weighted by atomic mass is 9.42. The van der Waals surface area contributed by atoms with Crippen molar-refractivity contribution < 1.29 is 9.59 Å². The summed E-state index contributed by atoms with van der Waals surface area (Å²) >= 11 is 0. The highest BCUT2D eigenvalue weighted by atomic mass is 16.1. The van der Waals surface area contributed by atoms with Gasteiger partial charge in [-0.05, 0) is 44.5 Å². The molecule has 0 aliphatic heterocycles. The Hall–Kier alpha value is -3.78. The number of rotatable bonds is 0. The molecule has 1 saturated carbocycles. The van der Waals surface area contributed by atoms with Gasteiger partial charge in [-0.1, -0.05) is 97.1 Å². The van der Waals surface area contributed by atoms with Crippen molar-refractivity contribution in [1.29, 1.82) is 0 Å². The maximum Gasteiger partial charge on any atom is 0.142 e. The molecule has 0 heterocycles. The molecule has 2 heteroatoms. The van der Waals surface area contributed by atoms with Gasteiger partial charge in [-0.3, -0.25) is 9.59 Å². The second-order valence-electron chi connectivity index (χ2n) is 11.3. The Bertz CT molecular complexity index is 1310. The second-order valence-corrected chi connectivity index (χ2v) is 11.3. The number of hydrogen-bond acceptors (Lipinski definition) is 2. The van der Waals surface area contributed by atoms with Crippen molar-refractivity contribution in [3.8, 4) is 0 Å². The van der Waals surface area contributed by atoms with Crippen LogP contribution in [0, 0.1) is 23.7 Å². The quantitative estimate of drug-likeness (QED) is 0.311. The van der Waals surface area contributed by atoms with E-state index in [1.54, 1.807) is 0 Å². The minimum absolute atomic E-state index is 0.0317. The number of hydrogen-bond donors (Lipinski definition) is 0. The summed E-state index contributed by atoms with van der Waals surface area (Å²) < 4.78 is 0. The molecule has 4 bridgehead atoms. The molecule has 0 unspecified atom stereocenters. The molecular formula is C34H24O2. The van der Waals surface area contributed by atoms with Gasteiger partial charge in [-0.15, -0.1) is 0 Å². The van der Waals surface area contributed by atoms with Crippen LogP contribution in [0.15, 0.2) is 97.1 Å². The van der Waals surface area contributed by atoms with Crippen LogP contribution in [-0.2, 0) is 9.59 Å². The van der Waals surface area contributed by atoms with Crippen LogP contribution in [0.2, 0.25) is 0 Å². The second kappa shape index (κ2) is 6.50. The highest BCUT2D eigenvalue weighted by Gasteiger charge is 2.66. The Balaban J connectivity index is 1.32. The van der Waals surface area contributed by atoms with Crippen LogP contribution < -0.4 is 0 Å². The molecule has 0 saturated heterocycles. The number of carbonyl (C=O) groups excluding carboxylic acids is 2. The normalized spacial score (nSPS) is 33.7. The van der Waals surface area contributed by atoms with Gasteiger partial charge in [0.2, 0.25) is 0 Å². The van der Waals surface area contributed by atoms with Crippen molar-refractivity contribution in [1.82, 2.24) is 0 Å². The Labute approximate surface area is 210 Å². The predicted octanol–water partition coefficient (Wildman–Crippen LogP) is 6.19. The topological polar surface area (TPSA) is 34.1 Å². The first-order valence-corrected chi connectivity index (χ1v) is 13.2. The van der Waals surface area contributed by atoms with E-state index in [4.69, 9.17) is 0 Å². The molecule has 2 nitrogen and oxygen atoms in total. The fourth-order valence-corrected chi connectivity index (χ4v) is 9.17. The van der Waals surface area contributed by atoms with Gasteiger partial charge >= 0.3 is 0 Å². The lowest BCUT2D eigenvalue weighted by molar-refractivity contribution is -0.152. The van der Waals surface area contributed by atoms with Gasteiger partial charge in [0.15, 0.2) is 0 Å². The van der Waals surface area contributed by atoms with E-state index in [1.165, 1.54) is 44.5 Å². The van der Waals surface area contributed by atoms with Crippen LogP contribution in [0.5, 0.6) is 0 Å². The van der Waals surface area contributed by atoms with Gasteiger partial charge in [0.05, 0.1) is 0 Å². The number of benzene rings is 4. The van der Waals surface area contributed by atoms with E-state index < -0.39 is 0 Å². The minimum Gasteiger partial charge on any atom is -0.299 e. The van der Waals surface area contributed by atoms with Crippen LogP contribution in [0.1, 0.15) is 68.2 Å². The highest BCUT2D eigenvalue weighted by Crippen LogP contribution is 2.67. The Morgan fingerprint density at radius 1 is 0.306 bits per heavy atom. The zero-order valence-electron chi connectivity index (χ0n) is 19.7. The number of ketones is 2. The summed E-state index contributed by atoms with van der Waals surface area (Å²) in [7, 11) is 0. The van der Waals surface area contributed by atoms with Gasteiger partial charge in [0, 0.05) is 47.3 Å². The van der Waals surface area contributed by atoms with Crippen molar-refractivity contribution in [2.45, 2.75) is 23.7 Å². The largest absolute Gasteiger partial charge is 0.299 e. The SMILES string of the molecule is O=C1[C@@H]2C3c4ccccc4C(c4ccccc43)[C@H]2C(=O)[C@H]2C3c4ccccc4C(c4ccccc43)[C@@H]12. The van der Waals surface area contributed by atoms with Crippen molar-refractivity contribution >= 4 is 11.6 Å². The highest BCUT2D eigenvalue weighted by molar-refractivity contribution is 6.05. The smallest absolute Gasteiger partial charge is 0.142 e. The van der Waals surface area contributed by atoms with Gasteiger partial charge in [0.1, 0.15) is 11.6 Å². The van der Waals surface area contributed by atoms with Crippen LogP contribution in [0.25, 0.3) is 0 Å². The summed E-state index contributed by atoms with van der Waals surface area (Å²) in [4.78, 5) is 29.6. The number of carbonyl (C=O) groups is 2. The summed E-state index contributed by atoms with van der Waals surface area (Å²) in [6.07, 6.45) is 0. The molecule has 172 valence electrons. The third-order valence-electron chi connectivity index (χ3n) is 10.2. The average Bonchev–Trinajstić information content (AvgIpc) is 2.95. The Kier molecular flexibility index (Phi) is 3.51. The van der Waals surface area contributed by atoms with E-state index in [9.17, 15) is 9.59 Å². The lowest BCUT2D eigenvalue weighted by Gasteiger charge is -2.59. The fraction of sp³-hybridized carbons (Fsp3) is 0.235. The molecule has 0 aromatic heterocycles. The minimum atomic E-state index is -0.271. The van der Waals surface area contributed by atoms with E-state index in [0.717, 1.165) is 0 Å². The Morgan fingerprint density at radius 2 is 0.472 bits per heavy atom. The standard InChI is InChI=1S/C34H24O2/c35-33-29-25-17-9-1-2-10-18(17)26(20-12-4-3-11-19(20)25)30(29)34(36)32-28-23-15-7-5-13-21(23)27(31(32)33)22-14-6-8-16-24(22)28/h1-16,25-32H/t25?,26?,27?,28?,29-,30-,31-,32+/m1/s1. The summed E-state index contributed by atoms with van der Waals surface area (Å²) in [6.45, 7) is 0. The molecule has 4 aromatic carbocycles. The maximum absolute atomic E-state index is 14.8. The predicted molar refractivity (Wildman–Crippen MR) is 137 cm³/mol. The van der Waals surface area contributed by atoms with Gasteiger partial charge in [0.25, 0.3) is 0 Å². The van der Waals surface area contributed by atoms with Crippen LogP contribution in [0.4, 0.5) is 0 Å². The summed E-state index contributed by atoms with van der Waals surface area (Å²) in [5.41, 5.74) is 10.0. The molecule has 0 spiro atoms. The molecule has 1 fully saturated rings. The molecule has 0 amide bonds. The Morgan fingerprint density at radius 3 is 0.639 bits per heavy atom. The monoisotopic (exact) mass is 464 g/mol. The molecule has 4 aromatic rings. The molecule has 0 radical (unpaired) electrons. The first-order chi connectivity index (χ1) is 17.8. The van der Waals surface area contributed by atoms with E-state index in [0.29, 0.717) is 11.6 Å². The molecule has 0 N–H and O–H groups in total. The van der Waals surface area contributed by atoms with Gasteiger partial charge in [-0.25, -0.2) is 0 Å². The first-order valence-electron chi connectivity index (χ1n) is 13.2. The molecular weight excluding hydrogens is 440 g/mol.